The fourth-order valence-corrected chi connectivity index (χ4v) is 2.13. The van der Waals surface area contributed by atoms with E-state index in [1.807, 2.05) is 19.1 Å². The monoisotopic (exact) mass is 225 g/mol. The number of rotatable bonds is 2. The second-order valence-electron chi connectivity index (χ2n) is 4.15. The molecule has 1 N–H and O–H groups in total. The topological polar surface area (TPSA) is 37.8 Å². The molecule has 0 atom stereocenters. The fourth-order valence-electron chi connectivity index (χ4n) is 1.88. The number of nitrogens with one attached hydrogen (secondary N) is 1. The Morgan fingerprint density at radius 3 is 2.53 bits per heavy atom. The molecule has 0 unspecified atom stereocenters. The lowest BCUT2D eigenvalue weighted by Gasteiger charge is -2.25. The van der Waals surface area contributed by atoms with Crippen LogP contribution < -0.4 is 5.32 Å². The van der Waals surface area contributed by atoms with Gasteiger partial charge in [0.25, 0.3) is 0 Å². The summed E-state index contributed by atoms with van der Waals surface area (Å²) in [5.74, 6) is 0.874. The number of halogens is 1. The number of hydrogen-bond donors (Lipinski definition) is 1. The lowest BCUT2D eigenvalue weighted by atomic mass is 9.95. The third-order valence-electron chi connectivity index (χ3n) is 2.81. The van der Waals surface area contributed by atoms with Gasteiger partial charge in [0, 0.05) is 11.4 Å². The Morgan fingerprint density at radius 1 is 1.20 bits per heavy atom. The first-order chi connectivity index (χ1) is 7.24. The Morgan fingerprint density at radius 2 is 1.93 bits per heavy atom. The first-order valence-corrected chi connectivity index (χ1v) is 5.88. The maximum Gasteiger partial charge on any atom is 0.148 e. The van der Waals surface area contributed by atoms with Gasteiger partial charge < -0.3 is 5.32 Å². The van der Waals surface area contributed by atoms with Crippen molar-refractivity contribution in [3.05, 3.63) is 17.8 Å². The summed E-state index contributed by atoms with van der Waals surface area (Å²) in [6.45, 7) is 1.94. The van der Waals surface area contributed by atoms with Crippen LogP contribution in [-0.2, 0) is 0 Å². The van der Waals surface area contributed by atoms with Crippen molar-refractivity contribution in [3.8, 4) is 0 Å². The van der Waals surface area contributed by atoms with E-state index in [-0.39, 0.29) is 0 Å². The van der Waals surface area contributed by atoms with Crippen molar-refractivity contribution >= 4 is 17.4 Å². The zero-order valence-electron chi connectivity index (χ0n) is 8.91. The highest BCUT2D eigenvalue weighted by atomic mass is 35.5. The van der Waals surface area contributed by atoms with E-state index in [1.54, 1.807) is 0 Å². The molecule has 82 valence electrons. The highest BCUT2D eigenvalue weighted by molar-refractivity contribution is 6.20. The Hall–Kier alpha value is -0.830. The smallest absolute Gasteiger partial charge is 0.148 e. The Balaban J connectivity index is 1.89. The number of aromatic nitrogens is 2. The molecule has 1 saturated carbocycles. The van der Waals surface area contributed by atoms with Gasteiger partial charge in [0.2, 0.25) is 0 Å². The summed E-state index contributed by atoms with van der Waals surface area (Å²) in [6.07, 6.45) is 4.45. The minimum atomic E-state index is 0.368. The van der Waals surface area contributed by atoms with Crippen molar-refractivity contribution < 1.29 is 0 Å². The van der Waals surface area contributed by atoms with Crippen molar-refractivity contribution in [3.63, 3.8) is 0 Å². The molecule has 3 nitrogen and oxygen atoms in total. The van der Waals surface area contributed by atoms with Gasteiger partial charge in [0.05, 0.1) is 5.69 Å². The summed E-state index contributed by atoms with van der Waals surface area (Å²) in [7, 11) is 0. The highest BCUT2D eigenvalue weighted by Crippen LogP contribution is 2.24. The normalized spacial score (nSPS) is 26.3. The summed E-state index contributed by atoms with van der Waals surface area (Å²) < 4.78 is 0. The summed E-state index contributed by atoms with van der Waals surface area (Å²) in [6, 6.07) is 4.47. The van der Waals surface area contributed by atoms with E-state index in [4.69, 9.17) is 11.6 Å². The Labute approximate surface area is 95.2 Å². The number of hydrogen-bond acceptors (Lipinski definition) is 3. The van der Waals surface area contributed by atoms with Crippen molar-refractivity contribution in [1.29, 1.82) is 0 Å². The molecule has 0 spiro atoms. The first kappa shape index (κ1) is 10.7. The molecule has 0 aromatic carbocycles. The van der Waals surface area contributed by atoms with Gasteiger partial charge in [-0.2, -0.15) is 5.10 Å². The molecule has 1 aliphatic rings. The highest BCUT2D eigenvalue weighted by Gasteiger charge is 2.19. The quantitative estimate of drug-likeness (QED) is 0.787. The molecule has 0 radical (unpaired) electrons. The predicted molar refractivity (Wildman–Crippen MR) is 62.3 cm³/mol. The van der Waals surface area contributed by atoms with Gasteiger partial charge in [0.15, 0.2) is 0 Å². The van der Waals surface area contributed by atoms with Crippen LogP contribution in [0.25, 0.3) is 0 Å². The minimum absolute atomic E-state index is 0.368. The van der Waals surface area contributed by atoms with Gasteiger partial charge in [-0.1, -0.05) is 0 Å². The predicted octanol–water partition coefficient (Wildman–Crippen LogP) is 2.75. The zero-order chi connectivity index (χ0) is 10.7. The molecule has 15 heavy (non-hydrogen) atoms. The average Bonchev–Trinajstić information content (AvgIpc) is 2.25. The van der Waals surface area contributed by atoms with Crippen LogP contribution in [0.2, 0.25) is 0 Å². The van der Waals surface area contributed by atoms with Crippen LogP contribution in [0.4, 0.5) is 5.82 Å². The molecule has 0 saturated heterocycles. The number of anilines is 1. The van der Waals surface area contributed by atoms with E-state index >= 15 is 0 Å². The van der Waals surface area contributed by atoms with Gasteiger partial charge >= 0.3 is 0 Å². The van der Waals surface area contributed by atoms with Crippen LogP contribution in [0, 0.1) is 6.92 Å². The first-order valence-electron chi connectivity index (χ1n) is 5.45. The van der Waals surface area contributed by atoms with Gasteiger partial charge in [-0.15, -0.1) is 16.7 Å². The Bertz CT molecular complexity index is 304. The number of aryl methyl sites for hydroxylation is 1. The largest absolute Gasteiger partial charge is 0.366 e. The molecule has 1 heterocycles. The second-order valence-corrected chi connectivity index (χ2v) is 4.77. The number of alkyl halides is 1. The van der Waals surface area contributed by atoms with Crippen LogP contribution in [0.15, 0.2) is 12.1 Å². The summed E-state index contributed by atoms with van der Waals surface area (Å²) >= 11 is 6.05. The van der Waals surface area contributed by atoms with Crippen LogP contribution in [0.3, 0.4) is 0 Å². The molecule has 2 rings (SSSR count). The maximum absolute atomic E-state index is 6.05. The lowest BCUT2D eigenvalue weighted by molar-refractivity contribution is 0.467. The third-order valence-corrected chi connectivity index (χ3v) is 3.24. The minimum Gasteiger partial charge on any atom is -0.366 e. The molecule has 1 aromatic rings. The average molecular weight is 226 g/mol. The molecule has 1 aromatic heterocycles. The fraction of sp³-hybridized carbons (Fsp3) is 0.636. The lowest BCUT2D eigenvalue weighted by Crippen LogP contribution is -2.26. The van der Waals surface area contributed by atoms with Crippen LogP contribution >= 0.6 is 11.6 Å². The van der Waals surface area contributed by atoms with Crippen LogP contribution in [0.5, 0.6) is 0 Å². The summed E-state index contributed by atoms with van der Waals surface area (Å²) in [5.41, 5.74) is 0.949. The zero-order valence-corrected chi connectivity index (χ0v) is 9.67. The summed E-state index contributed by atoms with van der Waals surface area (Å²) in [4.78, 5) is 0. The van der Waals surface area contributed by atoms with Gasteiger partial charge in [-0.25, -0.2) is 0 Å². The van der Waals surface area contributed by atoms with Gasteiger partial charge in [-0.05, 0) is 44.7 Å². The van der Waals surface area contributed by atoms with E-state index in [0.717, 1.165) is 37.2 Å². The van der Waals surface area contributed by atoms with Crippen LogP contribution in [0.1, 0.15) is 31.4 Å². The van der Waals surface area contributed by atoms with Crippen molar-refractivity contribution in [2.24, 2.45) is 0 Å². The van der Waals surface area contributed by atoms with Crippen molar-refractivity contribution in [2.75, 3.05) is 5.32 Å². The van der Waals surface area contributed by atoms with Crippen molar-refractivity contribution in [2.45, 2.75) is 44.0 Å². The molecular weight excluding hydrogens is 210 g/mol. The summed E-state index contributed by atoms with van der Waals surface area (Å²) in [5, 5.41) is 11.9. The van der Waals surface area contributed by atoms with E-state index in [0.29, 0.717) is 11.4 Å². The SMILES string of the molecule is Cc1ccc(NC2CCC(Cl)CC2)nn1. The maximum atomic E-state index is 6.05. The molecule has 4 heteroatoms. The van der Waals surface area contributed by atoms with Crippen LogP contribution in [-0.4, -0.2) is 21.6 Å². The van der Waals surface area contributed by atoms with Gasteiger partial charge in [-0.3, -0.25) is 0 Å². The molecule has 0 amide bonds. The van der Waals surface area contributed by atoms with Crippen molar-refractivity contribution in [1.82, 2.24) is 10.2 Å². The van der Waals surface area contributed by atoms with E-state index in [1.165, 1.54) is 0 Å². The van der Waals surface area contributed by atoms with E-state index < -0.39 is 0 Å². The second kappa shape index (κ2) is 4.79. The Kier molecular flexibility index (Phi) is 3.41. The molecule has 1 aliphatic carbocycles. The molecule has 1 fully saturated rings. The number of nitrogens with zero attached hydrogens (tertiary/aromatic N) is 2. The standard InChI is InChI=1S/C11H16ClN3/c1-8-2-7-11(15-14-8)13-10-5-3-9(12)4-6-10/h2,7,9-10H,3-6H2,1H3,(H,13,15). The third kappa shape index (κ3) is 3.06. The molecular formula is C11H16ClN3. The van der Waals surface area contributed by atoms with Gasteiger partial charge in [0.1, 0.15) is 5.82 Å². The molecule has 0 aliphatic heterocycles. The molecule has 0 bridgehead atoms. The van der Waals surface area contributed by atoms with E-state index in [9.17, 15) is 0 Å². The van der Waals surface area contributed by atoms with E-state index in [2.05, 4.69) is 15.5 Å².